The van der Waals surface area contributed by atoms with Gasteiger partial charge in [-0.2, -0.15) is 0 Å². The van der Waals surface area contributed by atoms with Crippen molar-refractivity contribution in [3.8, 4) is 0 Å². The van der Waals surface area contributed by atoms with E-state index in [0.717, 1.165) is 32.4 Å². The van der Waals surface area contributed by atoms with E-state index in [1.54, 1.807) is 0 Å². The highest BCUT2D eigenvalue weighted by atomic mass is 16.4. The number of amides is 1. The van der Waals surface area contributed by atoms with E-state index in [2.05, 4.69) is 19.0 Å². The fourth-order valence-corrected chi connectivity index (χ4v) is 2.31. The monoisotopic (exact) mass is 255 g/mol. The van der Waals surface area contributed by atoms with E-state index >= 15 is 0 Å². The Labute approximate surface area is 109 Å². The Morgan fingerprint density at radius 1 is 1.44 bits per heavy atom. The topological polar surface area (TPSA) is 78.9 Å². The summed E-state index contributed by atoms with van der Waals surface area (Å²) >= 11 is 0. The Balaban J connectivity index is 2.67. The first-order valence-electron chi connectivity index (χ1n) is 6.67. The smallest absolute Gasteiger partial charge is 0.233 e. The lowest BCUT2D eigenvalue weighted by molar-refractivity contribution is -0.135. The third-order valence-corrected chi connectivity index (χ3v) is 3.78. The van der Waals surface area contributed by atoms with Crippen LogP contribution in [0.25, 0.3) is 0 Å². The van der Waals surface area contributed by atoms with Gasteiger partial charge in [0.05, 0.1) is 5.92 Å². The fourth-order valence-electron chi connectivity index (χ4n) is 2.31. The van der Waals surface area contributed by atoms with Crippen LogP contribution in [0.3, 0.4) is 0 Å². The summed E-state index contributed by atoms with van der Waals surface area (Å²) < 4.78 is 0. The number of rotatable bonds is 4. The van der Waals surface area contributed by atoms with Crippen LogP contribution in [0.1, 0.15) is 46.5 Å². The van der Waals surface area contributed by atoms with Gasteiger partial charge in [-0.3, -0.25) is 4.79 Å². The molecule has 1 saturated heterocycles. The summed E-state index contributed by atoms with van der Waals surface area (Å²) in [5, 5.41) is 11.8. The number of hydrogen-bond acceptors (Lipinski definition) is 3. The van der Waals surface area contributed by atoms with E-state index in [-0.39, 0.29) is 11.7 Å². The molecule has 0 aromatic rings. The number of carbonyl (C=O) groups excluding carboxylic acids is 1. The quantitative estimate of drug-likeness (QED) is 0.348. The summed E-state index contributed by atoms with van der Waals surface area (Å²) in [6, 6.07) is 0. The Bertz CT molecular complexity index is 316. The zero-order chi connectivity index (χ0) is 13.8. The molecule has 0 bridgehead atoms. The first-order chi connectivity index (χ1) is 8.41. The molecule has 0 aromatic carbocycles. The zero-order valence-electron chi connectivity index (χ0n) is 11.6. The number of amidine groups is 1. The highest BCUT2D eigenvalue weighted by Gasteiger charge is 2.32. The minimum absolute atomic E-state index is 0.00245. The molecule has 1 amide bonds. The number of oxime groups is 1. The van der Waals surface area contributed by atoms with Gasteiger partial charge in [0, 0.05) is 13.1 Å². The maximum Gasteiger partial charge on any atom is 0.233 e. The minimum Gasteiger partial charge on any atom is -0.409 e. The molecule has 1 aliphatic heterocycles. The summed E-state index contributed by atoms with van der Waals surface area (Å²) in [5.74, 6) is -0.435. The molecule has 0 spiro atoms. The van der Waals surface area contributed by atoms with Gasteiger partial charge >= 0.3 is 0 Å². The molecule has 0 aromatic heterocycles. The number of hydrogen-bond donors (Lipinski definition) is 2. The average Bonchev–Trinajstić information content (AvgIpc) is 2.34. The molecule has 1 heterocycles. The molecule has 3 N–H and O–H groups in total. The molecule has 104 valence electrons. The predicted octanol–water partition coefficient (Wildman–Crippen LogP) is 1.80. The van der Waals surface area contributed by atoms with E-state index in [1.807, 2.05) is 11.8 Å². The zero-order valence-corrected chi connectivity index (χ0v) is 11.6. The molecule has 18 heavy (non-hydrogen) atoms. The first kappa shape index (κ1) is 14.8. The molecular weight excluding hydrogens is 230 g/mol. The van der Waals surface area contributed by atoms with Crippen molar-refractivity contribution in [3.63, 3.8) is 0 Å². The minimum atomic E-state index is -0.471. The van der Waals surface area contributed by atoms with Gasteiger partial charge in [-0.1, -0.05) is 32.3 Å². The van der Waals surface area contributed by atoms with Crippen molar-refractivity contribution in [2.24, 2.45) is 22.2 Å². The molecule has 1 aliphatic rings. The summed E-state index contributed by atoms with van der Waals surface area (Å²) in [6.45, 7) is 7.98. The lowest BCUT2D eigenvalue weighted by atomic mass is 9.82. The van der Waals surface area contributed by atoms with Crippen LogP contribution < -0.4 is 5.73 Å². The van der Waals surface area contributed by atoms with E-state index in [4.69, 9.17) is 10.9 Å². The number of carbonyl (C=O) groups is 1. The normalized spacial score (nSPS) is 21.7. The third-order valence-electron chi connectivity index (χ3n) is 3.78. The van der Waals surface area contributed by atoms with Crippen molar-refractivity contribution >= 4 is 11.7 Å². The molecule has 0 radical (unpaired) electrons. The SMILES string of the molecule is CCCC(C(=O)N1CCC(C)(C)CC1)C(N)=NO. The fraction of sp³-hybridized carbons (Fsp3) is 0.846. The van der Waals surface area contributed by atoms with Crippen LogP contribution in [0.4, 0.5) is 0 Å². The molecule has 1 unspecified atom stereocenters. The second-order valence-corrected chi connectivity index (χ2v) is 5.86. The lowest BCUT2D eigenvalue weighted by Crippen LogP contribution is -2.46. The molecule has 5 nitrogen and oxygen atoms in total. The van der Waals surface area contributed by atoms with Gasteiger partial charge in [0.25, 0.3) is 0 Å². The van der Waals surface area contributed by atoms with Gasteiger partial charge in [0.1, 0.15) is 0 Å². The molecule has 0 aliphatic carbocycles. The van der Waals surface area contributed by atoms with Gasteiger partial charge in [-0.25, -0.2) is 0 Å². The second-order valence-electron chi connectivity index (χ2n) is 5.86. The van der Waals surface area contributed by atoms with E-state index < -0.39 is 5.92 Å². The van der Waals surface area contributed by atoms with Crippen LogP contribution in [0.2, 0.25) is 0 Å². The summed E-state index contributed by atoms with van der Waals surface area (Å²) in [4.78, 5) is 14.2. The Morgan fingerprint density at radius 2 is 2.00 bits per heavy atom. The molecule has 0 saturated carbocycles. The molecule has 1 fully saturated rings. The van der Waals surface area contributed by atoms with Crippen LogP contribution in [-0.4, -0.2) is 34.9 Å². The summed E-state index contributed by atoms with van der Waals surface area (Å²) in [6.07, 6.45) is 3.49. The van der Waals surface area contributed by atoms with E-state index in [0.29, 0.717) is 11.8 Å². The Hall–Kier alpha value is -1.26. The lowest BCUT2D eigenvalue weighted by Gasteiger charge is -2.38. The van der Waals surface area contributed by atoms with Gasteiger partial charge in [-0.15, -0.1) is 0 Å². The van der Waals surface area contributed by atoms with Crippen LogP contribution in [0, 0.1) is 11.3 Å². The summed E-state index contributed by atoms with van der Waals surface area (Å²) in [7, 11) is 0. The number of piperidine rings is 1. The number of likely N-dealkylation sites (tertiary alicyclic amines) is 1. The van der Waals surface area contributed by atoms with Gasteiger partial charge in [0.2, 0.25) is 5.91 Å². The highest BCUT2D eigenvalue weighted by molar-refractivity contribution is 6.02. The second kappa shape index (κ2) is 6.07. The van der Waals surface area contributed by atoms with Crippen molar-refractivity contribution < 1.29 is 10.0 Å². The maximum absolute atomic E-state index is 12.4. The van der Waals surface area contributed by atoms with E-state index in [9.17, 15) is 4.79 Å². The van der Waals surface area contributed by atoms with Crippen LogP contribution in [0.5, 0.6) is 0 Å². The van der Waals surface area contributed by atoms with Crippen LogP contribution in [-0.2, 0) is 4.79 Å². The van der Waals surface area contributed by atoms with Gasteiger partial charge in [0.15, 0.2) is 5.84 Å². The largest absolute Gasteiger partial charge is 0.409 e. The predicted molar refractivity (Wildman–Crippen MR) is 71.4 cm³/mol. The van der Waals surface area contributed by atoms with Crippen molar-refractivity contribution in [2.45, 2.75) is 46.5 Å². The first-order valence-corrected chi connectivity index (χ1v) is 6.67. The standard InChI is InChI=1S/C13H25N3O2/c1-4-5-10(11(14)15-18)12(17)16-8-6-13(2,3)7-9-16/h10,18H,4-9H2,1-3H3,(H2,14,15). The van der Waals surface area contributed by atoms with Crippen molar-refractivity contribution in [1.82, 2.24) is 4.90 Å². The van der Waals surface area contributed by atoms with Gasteiger partial charge in [-0.05, 0) is 24.7 Å². The average molecular weight is 255 g/mol. The molecule has 1 atom stereocenters. The summed E-state index contributed by atoms with van der Waals surface area (Å²) in [5.41, 5.74) is 5.93. The Kier molecular flexibility index (Phi) is 4.99. The number of nitrogens with two attached hydrogens (primary N) is 1. The third kappa shape index (κ3) is 3.62. The van der Waals surface area contributed by atoms with Crippen molar-refractivity contribution in [3.05, 3.63) is 0 Å². The molecule has 1 rings (SSSR count). The van der Waals surface area contributed by atoms with Crippen molar-refractivity contribution in [1.29, 1.82) is 0 Å². The molecule has 5 heteroatoms. The van der Waals surface area contributed by atoms with Crippen LogP contribution >= 0.6 is 0 Å². The van der Waals surface area contributed by atoms with Crippen LogP contribution in [0.15, 0.2) is 5.16 Å². The molecular formula is C13H25N3O2. The Morgan fingerprint density at radius 3 is 2.44 bits per heavy atom. The number of nitrogens with zero attached hydrogens (tertiary/aromatic N) is 2. The maximum atomic E-state index is 12.4. The van der Waals surface area contributed by atoms with E-state index in [1.165, 1.54) is 0 Å². The highest BCUT2D eigenvalue weighted by Crippen LogP contribution is 2.30. The van der Waals surface area contributed by atoms with Gasteiger partial charge < -0.3 is 15.8 Å². The van der Waals surface area contributed by atoms with Crippen molar-refractivity contribution in [2.75, 3.05) is 13.1 Å².